The van der Waals surface area contributed by atoms with Gasteiger partial charge in [0.15, 0.2) is 0 Å². The van der Waals surface area contributed by atoms with E-state index in [9.17, 15) is 0 Å². The Labute approximate surface area is 121 Å². The van der Waals surface area contributed by atoms with Gasteiger partial charge in [-0.15, -0.1) is 0 Å². The number of anilines is 3. The molecule has 0 spiro atoms. The predicted molar refractivity (Wildman–Crippen MR) is 86.7 cm³/mol. The summed E-state index contributed by atoms with van der Waals surface area (Å²) >= 11 is 0. The first kappa shape index (κ1) is 14.2. The molecule has 2 rings (SSSR count). The van der Waals surface area contributed by atoms with Gasteiger partial charge in [-0.05, 0) is 23.8 Å². The van der Waals surface area contributed by atoms with E-state index in [4.69, 9.17) is 0 Å². The molecule has 1 aromatic heterocycles. The first-order chi connectivity index (χ1) is 9.58. The Morgan fingerprint density at radius 1 is 0.950 bits per heavy atom. The van der Waals surface area contributed by atoms with Crippen molar-refractivity contribution in [3.8, 4) is 0 Å². The number of aromatic nitrogens is 1. The van der Waals surface area contributed by atoms with Gasteiger partial charge in [0.05, 0.1) is 17.6 Å². The van der Waals surface area contributed by atoms with Crippen LogP contribution in [-0.4, -0.2) is 33.2 Å². The van der Waals surface area contributed by atoms with Crippen LogP contribution < -0.4 is 15.1 Å². The Morgan fingerprint density at radius 2 is 1.65 bits per heavy atom. The predicted octanol–water partition coefficient (Wildman–Crippen LogP) is 2.83. The van der Waals surface area contributed by atoms with Crippen molar-refractivity contribution >= 4 is 17.1 Å². The second kappa shape index (κ2) is 6.28. The Kier molecular flexibility index (Phi) is 4.45. The smallest absolute Gasteiger partial charge is 0.0766 e. The molecule has 0 saturated heterocycles. The van der Waals surface area contributed by atoms with Gasteiger partial charge in [0.1, 0.15) is 0 Å². The highest BCUT2D eigenvalue weighted by atomic mass is 15.1. The van der Waals surface area contributed by atoms with Crippen LogP contribution in [0.15, 0.2) is 42.7 Å². The third-order valence-electron chi connectivity index (χ3n) is 3.22. The van der Waals surface area contributed by atoms with Gasteiger partial charge in [0.2, 0.25) is 0 Å². The molecule has 20 heavy (non-hydrogen) atoms. The maximum absolute atomic E-state index is 4.18. The summed E-state index contributed by atoms with van der Waals surface area (Å²) < 4.78 is 0. The molecule has 0 amide bonds. The maximum Gasteiger partial charge on any atom is 0.0766 e. The fraction of sp³-hybridized carbons (Fsp3) is 0.312. The largest absolute Gasteiger partial charge is 0.378 e. The highest BCUT2D eigenvalue weighted by Gasteiger charge is 2.04. The molecular weight excluding hydrogens is 248 g/mol. The van der Waals surface area contributed by atoms with Crippen LogP contribution in [0.4, 0.5) is 17.1 Å². The number of nitrogens with one attached hydrogen (secondary N) is 1. The van der Waals surface area contributed by atoms with E-state index >= 15 is 0 Å². The second-order valence-electron chi connectivity index (χ2n) is 5.20. The third kappa shape index (κ3) is 3.41. The molecule has 1 N–H and O–H groups in total. The average molecular weight is 270 g/mol. The molecule has 4 heteroatoms. The monoisotopic (exact) mass is 270 g/mol. The Bertz CT molecular complexity index is 547. The van der Waals surface area contributed by atoms with Crippen molar-refractivity contribution in [1.82, 2.24) is 4.98 Å². The van der Waals surface area contributed by atoms with E-state index in [0.29, 0.717) is 0 Å². The zero-order chi connectivity index (χ0) is 14.5. The van der Waals surface area contributed by atoms with E-state index in [1.807, 2.05) is 46.7 Å². The minimum atomic E-state index is 0.792. The zero-order valence-electron chi connectivity index (χ0n) is 12.6. The van der Waals surface area contributed by atoms with E-state index in [1.165, 1.54) is 11.3 Å². The van der Waals surface area contributed by atoms with Crippen molar-refractivity contribution in [1.29, 1.82) is 0 Å². The number of benzene rings is 1. The Hall–Kier alpha value is -2.23. The zero-order valence-corrected chi connectivity index (χ0v) is 12.6. The van der Waals surface area contributed by atoms with Crippen molar-refractivity contribution in [2.24, 2.45) is 0 Å². The standard InChI is InChI=1S/C16H22N4/c1-19(2)14-7-5-13(6-8-14)11-18-15-12-17-10-9-16(15)20(3)4/h5-10,12,18H,11H2,1-4H3. The van der Waals surface area contributed by atoms with Gasteiger partial charge in [-0.2, -0.15) is 0 Å². The van der Waals surface area contributed by atoms with Gasteiger partial charge in [-0.25, -0.2) is 0 Å². The van der Waals surface area contributed by atoms with E-state index in [-0.39, 0.29) is 0 Å². The molecule has 0 bridgehead atoms. The normalized spacial score (nSPS) is 10.2. The van der Waals surface area contributed by atoms with Crippen LogP contribution in [0.2, 0.25) is 0 Å². The fourth-order valence-corrected chi connectivity index (χ4v) is 2.02. The lowest BCUT2D eigenvalue weighted by atomic mass is 10.2. The van der Waals surface area contributed by atoms with Crippen molar-refractivity contribution in [2.75, 3.05) is 43.3 Å². The molecule has 0 fully saturated rings. The van der Waals surface area contributed by atoms with Crippen LogP contribution in [0.1, 0.15) is 5.56 Å². The van der Waals surface area contributed by atoms with E-state index in [2.05, 4.69) is 44.4 Å². The third-order valence-corrected chi connectivity index (χ3v) is 3.22. The molecule has 1 aromatic carbocycles. The number of pyridine rings is 1. The first-order valence-corrected chi connectivity index (χ1v) is 6.69. The van der Waals surface area contributed by atoms with Crippen LogP contribution in [0.25, 0.3) is 0 Å². The number of rotatable bonds is 5. The molecule has 106 valence electrons. The quantitative estimate of drug-likeness (QED) is 0.905. The minimum absolute atomic E-state index is 0.792. The maximum atomic E-state index is 4.18. The SMILES string of the molecule is CN(C)c1ccc(CNc2cnccc2N(C)C)cc1. The lowest BCUT2D eigenvalue weighted by molar-refractivity contribution is 1.08. The summed E-state index contributed by atoms with van der Waals surface area (Å²) in [7, 11) is 8.16. The van der Waals surface area contributed by atoms with Gasteiger partial charge < -0.3 is 15.1 Å². The molecular formula is C16H22N4. The van der Waals surface area contributed by atoms with Crippen molar-refractivity contribution < 1.29 is 0 Å². The Balaban J connectivity index is 2.05. The minimum Gasteiger partial charge on any atom is -0.378 e. The van der Waals surface area contributed by atoms with Crippen molar-refractivity contribution in [3.63, 3.8) is 0 Å². The van der Waals surface area contributed by atoms with Gasteiger partial charge in [0.25, 0.3) is 0 Å². The van der Waals surface area contributed by atoms with Crippen molar-refractivity contribution in [3.05, 3.63) is 48.3 Å². The van der Waals surface area contributed by atoms with Crippen LogP contribution >= 0.6 is 0 Å². The molecule has 1 heterocycles. The molecule has 0 radical (unpaired) electrons. The van der Waals surface area contributed by atoms with Gasteiger partial charge in [0, 0.05) is 46.6 Å². The van der Waals surface area contributed by atoms with E-state index in [1.54, 1.807) is 0 Å². The highest BCUT2D eigenvalue weighted by Crippen LogP contribution is 2.23. The van der Waals surface area contributed by atoms with Gasteiger partial charge in [-0.3, -0.25) is 4.98 Å². The molecule has 2 aromatic rings. The van der Waals surface area contributed by atoms with E-state index in [0.717, 1.165) is 17.9 Å². The van der Waals surface area contributed by atoms with Crippen LogP contribution in [0.5, 0.6) is 0 Å². The lowest BCUT2D eigenvalue weighted by Gasteiger charge is -2.18. The number of nitrogens with zero attached hydrogens (tertiary/aromatic N) is 3. The molecule has 4 nitrogen and oxygen atoms in total. The molecule has 0 saturated carbocycles. The van der Waals surface area contributed by atoms with Crippen molar-refractivity contribution in [2.45, 2.75) is 6.54 Å². The fourth-order valence-electron chi connectivity index (χ4n) is 2.02. The second-order valence-corrected chi connectivity index (χ2v) is 5.20. The number of hydrogen-bond donors (Lipinski definition) is 1. The van der Waals surface area contributed by atoms with E-state index < -0.39 is 0 Å². The summed E-state index contributed by atoms with van der Waals surface area (Å²) in [4.78, 5) is 8.36. The van der Waals surface area contributed by atoms with Crippen LogP contribution in [0.3, 0.4) is 0 Å². The topological polar surface area (TPSA) is 31.4 Å². The summed E-state index contributed by atoms with van der Waals surface area (Å²) in [6.45, 7) is 0.792. The summed E-state index contributed by atoms with van der Waals surface area (Å²) in [6, 6.07) is 10.6. The average Bonchev–Trinajstić information content (AvgIpc) is 2.45. The molecule has 0 aliphatic heterocycles. The van der Waals surface area contributed by atoms with Gasteiger partial charge in [-0.1, -0.05) is 12.1 Å². The molecule has 0 unspecified atom stereocenters. The van der Waals surface area contributed by atoms with Crippen LogP contribution in [0, 0.1) is 0 Å². The van der Waals surface area contributed by atoms with Crippen LogP contribution in [-0.2, 0) is 6.54 Å². The van der Waals surface area contributed by atoms with Gasteiger partial charge >= 0.3 is 0 Å². The molecule has 0 aliphatic rings. The molecule has 0 aliphatic carbocycles. The lowest BCUT2D eigenvalue weighted by Crippen LogP contribution is -2.12. The summed E-state index contributed by atoms with van der Waals surface area (Å²) in [6.07, 6.45) is 3.68. The summed E-state index contributed by atoms with van der Waals surface area (Å²) in [5, 5.41) is 3.44. The number of hydrogen-bond acceptors (Lipinski definition) is 4. The molecule has 0 atom stereocenters. The highest BCUT2D eigenvalue weighted by molar-refractivity contribution is 5.68. The summed E-state index contributed by atoms with van der Waals surface area (Å²) in [5.41, 5.74) is 4.66. The first-order valence-electron chi connectivity index (χ1n) is 6.69. The Morgan fingerprint density at radius 3 is 2.25 bits per heavy atom. The summed E-state index contributed by atoms with van der Waals surface area (Å²) in [5.74, 6) is 0.